The summed E-state index contributed by atoms with van der Waals surface area (Å²) >= 11 is 0. The number of benzene rings is 1. The van der Waals surface area contributed by atoms with Crippen LogP contribution in [0.4, 0.5) is 0 Å². The number of pyridine rings is 1. The number of likely N-dealkylation sites (N-methyl/N-ethyl adjacent to an activating group) is 1. The fourth-order valence-electron chi connectivity index (χ4n) is 8.59. The lowest BCUT2D eigenvalue weighted by molar-refractivity contribution is -0.299. The lowest BCUT2D eigenvalue weighted by Gasteiger charge is -2.47. The molecule has 1 unspecified atom stereocenters. The molecule has 14 atom stereocenters. The highest BCUT2D eigenvalue weighted by Crippen LogP contribution is 2.39. The minimum absolute atomic E-state index is 0.0410. The van der Waals surface area contributed by atoms with Crippen LogP contribution in [-0.4, -0.2) is 135 Å². The SMILES string of the molecule is CC[C@H]1OC(=O)[C@H](C)[C@@H](OC(=O)Cc2ccccn2)[C@H](C)[C@@H](O[C@@H]2O[C@H](C)C[C@H](N(C)C)[C@H]2O)C(C)(O)C[C@@H](C)/C(=N\OCCCOc2ccccc2)[C@H](C)[C@@H](O)[C@]1(C)O. The van der Waals surface area contributed by atoms with E-state index in [1.165, 1.54) is 6.92 Å². The second-order valence-electron chi connectivity index (χ2n) is 17.3. The van der Waals surface area contributed by atoms with Crippen LogP contribution in [0.2, 0.25) is 0 Å². The van der Waals surface area contributed by atoms with Crippen molar-refractivity contribution < 1.29 is 58.5 Å². The highest BCUT2D eigenvalue weighted by atomic mass is 16.7. The van der Waals surface area contributed by atoms with Gasteiger partial charge in [-0.1, -0.05) is 57.1 Å². The predicted octanol–water partition coefficient (Wildman–Crippen LogP) is 4.32. The van der Waals surface area contributed by atoms with E-state index in [9.17, 15) is 30.0 Å². The maximum atomic E-state index is 14.2. The van der Waals surface area contributed by atoms with Crippen molar-refractivity contribution in [2.45, 2.75) is 148 Å². The van der Waals surface area contributed by atoms with E-state index < -0.39 is 83.6 Å². The van der Waals surface area contributed by atoms with Crippen molar-refractivity contribution in [1.82, 2.24) is 9.88 Å². The molecule has 3 heterocycles. The molecule has 2 fully saturated rings. The number of aliphatic hydroxyl groups is 4. The number of cyclic esters (lactones) is 1. The van der Waals surface area contributed by atoms with Crippen LogP contribution >= 0.6 is 0 Å². The smallest absolute Gasteiger partial charge is 0.312 e. The zero-order valence-electron chi connectivity index (χ0n) is 37.0. The van der Waals surface area contributed by atoms with Gasteiger partial charge in [-0.2, -0.15) is 0 Å². The van der Waals surface area contributed by atoms with Crippen LogP contribution in [0.15, 0.2) is 59.9 Å². The summed E-state index contributed by atoms with van der Waals surface area (Å²) in [7, 11) is 3.70. The summed E-state index contributed by atoms with van der Waals surface area (Å²) in [6, 6.07) is 14.2. The quantitative estimate of drug-likeness (QED) is 0.126. The summed E-state index contributed by atoms with van der Waals surface area (Å²) in [5.74, 6) is -4.33. The molecule has 0 aliphatic carbocycles. The van der Waals surface area contributed by atoms with Crippen LogP contribution in [0.25, 0.3) is 0 Å². The number of oxime groups is 1. The van der Waals surface area contributed by atoms with Crippen LogP contribution in [0.5, 0.6) is 5.75 Å². The summed E-state index contributed by atoms with van der Waals surface area (Å²) in [6.07, 6.45) is -5.39. The van der Waals surface area contributed by atoms with Gasteiger partial charge in [0.15, 0.2) is 6.29 Å². The molecule has 0 spiro atoms. The van der Waals surface area contributed by atoms with E-state index >= 15 is 0 Å². The van der Waals surface area contributed by atoms with E-state index in [1.54, 1.807) is 59.0 Å². The third-order valence-corrected chi connectivity index (χ3v) is 12.0. The fourth-order valence-corrected chi connectivity index (χ4v) is 8.59. The Morgan fingerprint density at radius 3 is 2.30 bits per heavy atom. The van der Waals surface area contributed by atoms with Gasteiger partial charge in [-0.15, -0.1) is 0 Å². The third-order valence-electron chi connectivity index (χ3n) is 12.0. The number of aliphatic hydroxyl groups excluding tert-OH is 2. The number of aromatic nitrogens is 1. The summed E-state index contributed by atoms with van der Waals surface area (Å²) in [5.41, 5.74) is -2.99. The molecule has 1 aromatic heterocycles. The van der Waals surface area contributed by atoms with Crippen molar-refractivity contribution in [3.63, 3.8) is 0 Å². The van der Waals surface area contributed by atoms with E-state index in [2.05, 4.69) is 10.1 Å². The van der Waals surface area contributed by atoms with Crippen molar-refractivity contribution in [3.05, 3.63) is 60.4 Å². The molecule has 4 rings (SSSR count). The second kappa shape index (κ2) is 21.9. The highest BCUT2D eigenvalue weighted by Gasteiger charge is 2.52. The molecular formula is C45H69N3O12. The van der Waals surface area contributed by atoms with Crippen LogP contribution in [-0.2, 0) is 39.8 Å². The average Bonchev–Trinajstić information content (AvgIpc) is 3.20. The van der Waals surface area contributed by atoms with Gasteiger partial charge in [0.1, 0.15) is 36.3 Å². The lowest BCUT2D eigenvalue weighted by atomic mass is 9.73. The number of nitrogens with zero attached hydrogens (tertiary/aromatic N) is 3. The molecule has 4 N–H and O–H groups in total. The lowest BCUT2D eigenvalue weighted by Crippen LogP contribution is -2.60. The van der Waals surface area contributed by atoms with Crippen molar-refractivity contribution in [3.8, 4) is 5.75 Å². The second-order valence-corrected chi connectivity index (χ2v) is 17.3. The Morgan fingerprint density at radius 1 is 0.983 bits per heavy atom. The molecule has 2 aliphatic rings. The van der Waals surface area contributed by atoms with Gasteiger partial charge in [-0.3, -0.25) is 14.6 Å². The van der Waals surface area contributed by atoms with Gasteiger partial charge in [0, 0.05) is 36.4 Å². The average molecular weight is 844 g/mol. The molecular weight excluding hydrogens is 775 g/mol. The van der Waals surface area contributed by atoms with Gasteiger partial charge < -0.3 is 53.8 Å². The Labute approximate surface area is 355 Å². The van der Waals surface area contributed by atoms with Crippen LogP contribution in [0, 0.1) is 23.7 Å². The molecule has 2 saturated heterocycles. The molecule has 1 aromatic carbocycles. The first-order chi connectivity index (χ1) is 28.3. The van der Waals surface area contributed by atoms with Crippen LogP contribution in [0.1, 0.15) is 86.8 Å². The molecule has 15 nitrogen and oxygen atoms in total. The first kappa shape index (κ1) is 49.0. The fraction of sp³-hybridized carbons (Fsp3) is 0.689. The summed E-state index contributed by atoms with van der Waals surface area (Å²) < 4.78 is 30.8. The van der Waals surface area contributed by atoms with Crippen LogP contribution in [0.3, 0.4) is 0 Å². The van der Waals surface area contributed by atoms with Crippen molar-refractivity contribution in [1.29, 1.82) is 0 Å². The first-order valence-corrected chi connectivity index (χ1v) is 21.2. The van der Waals surface area contributed by atoms with Gasteiger partial charge >= 0.3 is 11.9 Å². The standard InChI is InChI=1S/C45H69N3O12/c1-11-35-45(8,54)40(51)29(4)37(47-56-23-17-22-55-33-19-13-12-14-20-33)27(2)26-44(7,53)41(60-43-38(50)34(48(9)10)24-28(3)57-43)30(5)39(31(6)42(52)58-35)59-36(49)25-32-18-15-16-21-46-32/h12-16,18-21,27-31,34-35,38-41,43,50-51,53-54H,11,17,22-26H2,1-10H3/b47-37+/t27-,28-,29+,30+,31-,34+,35-,38-,39+,40-,41-,43+,44?,45-/m1/s1. The number of hydrogen-bond donors (Lipinski definition) is 4. The van der Waals surface area contributed by atoms with E-state index in [0.717, 1.165) is 5.75 Å². The number of carbonyl (C=O) groups excluding carboxylic acids is 2. The van der Waals surface area contributed by atoms with E-state index in [1.807, 2.05) is 63.2 Å². The summed E-state index contributed by atoms with van der Waals surface area (Å²) in [5, 5.41) is 52.7. The molecule has 2 aromatic rings. The molecule has 2 aliphatic heterocycles. The maximum absolute atomic E-state index is 14.2. The Kier molecular flexibility index (Phi) is 17.9. The number of hydrogen-bond acceptors (Lipinski definition) is 15. The largest absolute Gasteiger partial charge is 0.493 e. The Balaban J connectivity index is 1.77. The Bertz CT molecular complexity index is 1660. The van der Waals surface area contributed by atoms with Crippen molar-refractivity contribution >= 4 is 17.7 Å². The molecule has 0 amide bonds. The van der Waals surface area contributed by atoms with E-state index in [0.29, 0.717) is 30.9 Å². The number of ether oxygens (including phenoxy) is 5. The molecule has 15 heteroatoms. The molecule has 60 heavy (non-hydrogen) atoms. The van der Waals surface area contributed by atoms with Crippen molar-refractivity contribution in [2.75, 3.05) is 27.3 Å². The zero-order chi connectivity index (χ0) is 44.4. The third kappa shape index (κ3) is 12.7. The van der Waals surface area contributed by atoms with Gasteiger partial charge in [0.05, 0.1) is 54.3 Å². The Morgan fingerprint density at radius 2 is 1.67 bits per heavy atom. The number of carbonyl (C=O) groups is 2. The minimum atomic E-state index is -1.98. The normalized spacial score (nSPS) is 36.6. The molecule has 0 radical (unpaired) electrons. The first-order valence-electron chi connectivity index (χ1n) is 21.2. The number of para-hydroxylation sites is 1. The van der Waals surface area contributed by atoms with Crippen LogP contribution < -0.4 is 4.74 Å². The van der Waals surface area contributed by atoms with Gasteiger partial charge in [-0.05, 0) is 85.3 Å². The van der Waals surface area contributed by atoms with E-state index in [-0.39, 0.29) is 38.0 Å². The maximum Gasteiger partial charge on any atom is 0.312 e. The van der Waals surface area contributed by atoms with Gasteiger partial charge in [0.2, 0.25) is 0 Å². The number of esters is 2. The van der Waals surface area contributed by atoms with Gasteiger partial charge in [-0.25, -0.2) is 0 Å². The molecule has 0 saturated carbocycles. The van der Waals surface area contributed by atoms with E-state index in [4.69, 9.17) is 28.5 Å². The van der Waals surface area contributed by atoms with Gasteiger partial charge in [0.25, 0.3) is 0 Å². The summed E-state index contributed by atoms with van der Waals surface area (Å²) in [4.78, 5) is 39.8. The van der Waals surface area contributed by atoms with Crippen molar-refractivity contribution in [2.24, 2.45) is 28.8 Å². The minimum Gasteiger partial charge on any atom is -0.493 e. The molecule has 0 bridgehead atoms. The highest BCUT2D eigenvalue weighted by molar-refractivity contribution is 5.88. The molecule has 336 valence electrons. The Hall–Kier alpha value is -3.70. The zero-order valence-corrected chi connectivity index (χ0v) is 37.0. The summed E-state index contributed by atoms with van der Waals surface area (Å²) in [6.45, 7) is 13.9. The number of rotatable bonds is 13. The topological polar surface area (TPSA) is 199 Å². The predicted molar refractivity (Wildman–Crippen MR) is 224 cm³/mol. The monoisotopic (exact) mass is 843 g/mol.